The van der Waals surface area contributed by atoms with E-state index in [2.05, 4.69) is 15.4 Å². The van der Waals surface area contributed by atoms with Crippen molar-refractivity contribution in [3.63, 3.8) is 0 Å². The molecule has 4 heterocycles. The SMILES string of the molecule is Cc1nn(C(C)C)c(C)c1NC(=O)C1CN(C(=O)c2ccco2)Cc2cccnc21. The number of pyridine rings is 1. The summed E-state index contributed by atoms with van der Waals surface area (Å²) < 4.78 is 7.16. The average molecular weight is 407 g/mol. The third-order valence-electron chi connectivity index (χ3n) is 5.42. The van der Waals surface area contributed by atoms with Crippen LogP contribution in [0.1, 0.15) is 59.0 Å². The van der Waals surface area contributed by atoms with Gasteiger partial charge in [0.2, 0.25) is 5.91 Å². The van der Waals surface area contributed by atoms with Crippen LogP contribution in [0.15, 0.2) is 41.1 Å². The number of carbonyl (C=O) groups is 2. The zero-order chi connectivity index (χ0) is 21.4. The minimum absolute atomic E-state index is 0.188. The maximum absolute atomic E-state index is 13.3. The Kier molecular flexibility index (Phi) is 5.15. The molecule has 1 unspecified atom stereocenters. The summed E-state index contributed by atoms with van der Waals surface area (Å²) in [5, 5.41) is 7.57. The molecule has 0 spiro atoms. The lowest BCUT2D eigenvalue weighted by Gasteiger charge is -2.32. The number of nitrogens with zero attached hydrogens (tertiary/aromatic N) is 4. The fourth-order valence-corrected chi connectivity index (χ4v) is 3.95. The fourth-order valence-electron chi connectivity index (χ4n) is 3.95. The number of furan rings is 1. The molecule has 3 aromatic heterocycles. The van der Waals surface area contributed by atoms with Gasteiger partial charge in [0, 0.05) is 25.3 Å². The number of aromatic nitrogens is 3. The van der Waals surface area contributed by atoms with Crippen molar-refractivity contribution >= 4 is 17.5 Å². The number of fused-ring (bicyclic) bond motifs is 1. The predicted molar refractivity (Wildman–Crippen MR) is 111 cm³/mol. The normalized spacial score (nSPS) is 15.9. The van der Waals surface area contributed by atoms with Crippen LogP contribution in [0, 0.1) is 13.8 Å². The maximum Gasteiger partial charge on any atom is 0.289 e. The molecule has 0 fully saturated rings. The summed E-state index contributed by atoms with van der Waals surface area (Å²) in [4.78, 5) is 32.3. The number of carbonyl (C=O) groups excluding carboxylic acids is 2. The highest BCUT2D eigenvalue weighted by Crippen LogP contribution is 2.30. The van der Waals surface area contributed by atoms with Gasteiger partial charge in [-0.1, -0.05) is 6.07 Å². The molecule has 1 aliphatic rings. The lowest BCUT2D eigenvalue weighted by Crippen LogP contribution is -2.42. The zero-order valence-corrected chi connectivity index (χ0v) is 17.5. The quantitative estimate of drug-likeness (QED) is 0.715. The first-order valence-electron chi connectivity index (χ1n) is 10.00. The van der Waals surface area contributed by atoms with E-state index in [0.717, 1.165) is 17.0 Å². The molecule has 0 saturated heterocycles. The van der Waals surface area contributed by atoms with Gasteiger partial charge in [0.1, 0.15) is 0 Å². The Labute approximate surface area is 174 Å². The highest BCUT2D eigenvalue weighted by atomic mass is 16.3. The maximum atomic E-state index is 13.3. The van der Waals surface area contributed by atoms with Gasteiger partial charge in [-0.15, -0.1) is 0 Å². The summed E-state index contributed by atoms with van der Waals surface area (Å²) in [6.07, 6.45) is 3.14. The van der Waals surface area contributed by atoms with E-state index in [1.165, 1.54) is 6.26 Å². The molecule has 0 aromatic carbocycles. The van der Waals surface area contributed by atoms with Crippen molar-refractivity contribution in [1.82, 2.24) is 19.7 Å². The molecule has 0 aliphatic carbocycles. The van der Waals surface area contributed by atoms with Crippen LogP contribution < -0.4 is 5.32 Å². The Balaban J connectivity index is 1.64. The van der Waals surface area contributed by atoms with Gasteiger partial charge in [-0.3, -0.25) is 19.3 Å². The van der Waals surface area contributed by atoms with E-state index in [9.17, 15) is 9.59 Å². The molecule has 1 N–H and O–H groups in total. The summed E-state index contributed by atoms with van der Waals surface area (Å²) in [6, 6.07) is 7.21. The van der Waals surface area contributed by atoms with Gasteiger partial charge in [-0.05, 0) is 51.5 Å². The van der Waals surface area contributed by atoms with Crippen LogP contribution in [0.3, 0.4) is 0 Å². The van der Waals surface area contributed by atoms with Crippen LogP contribution in [-0.4, -0.2) is 38.0 Å². The molecular formula is C22H25N5O3. The van der Waals surface area contributed by atoms with E-state index in [0.29, 0.717) is 17.9 Å². The number of hydrogen-bond acceptors (Lipinski definition) is 5. The van der Waals surface area contributed by atoms with Gasteiger partial charge < -0.3 is 14.6 Å². The van der Waals surface area contributed by atoms with Crippen LogP contribution in [0.25, 0.3) is 0 Å². The van der Waals surface area contributed by atoms with Gasteiger partial charge in [-0.2, -0.15) is 5.10 Å². The van der Waals surface area contributed by atoms with Gasteiger partial charge in [0.25, 0.3) is 5.91 Å². The van der Waals surface area contributed by atoms with Crippen LogP contribution in [0.5, 0.6) is 0 Å². The zero-order valence-electron chi connectivity index (χ0n) is 17.5. The Bertz CT molecular complexity index is 1080. The van der Waals surface area contributed by atoms with E-state index < -0.39 is 5.92 Å². The minimum atomic E-state index is -0.588. The van der Waals surface area contributed by atoms with Crippen molar-refractivity contribution in [1.29, 1.82) is 0 Å². The van der Waals surface area contributed by atoms with E-state index >= 15 is 0 Å². The molecule has 156 valence electrons. The number of nitrogens with one attached hydrogen (secondary N) is 1. The third kappa shape index (κ3) is 3.49. The first-order valence-corrected chi connectivity index (χ1v) is 10.00. The second-order valence-corrected chi connectivity index (χ2v) is 7.84. The van der Waals surface area contributed by atoms with E-state index in [-0.39, 0.29) is 30.2 Å². The lowest BCUT2D eigenvalue weighted by molar-refractivity contribution is -0.118. The van der Waals surface area contributed by atoms with Crippen molar-refractivity contribution in [3.05, 3.63) is 65.1 Å². The van der Waals surface area contributed by atoms with Gasteiger partial charge >= 0.3 is 0 Å². The van der Waals surface area contributed by atoms with Crippen LogP contribution in [0.2, 0.25) is 0 Å². The standard InChI is InChI=1S/C22H25N5O3/c1-13(2)27-15(4)19(14(3)25-27)24-21(28)17-12-26(22(29)18-8-6-10-30-18)11-16-7-5-9-23-20(16)17/h5-10,13,17H,11-12H2,1-4H3,(H,24,28). The number of anilines is 1. The van der Waals surface area contributed by atoms with Crippen molar-refractivity contribution in [2.45, 2.75) is 46.2 Å². The van der Waals surface area contributed by atoms with Crippen LogP contribution >= 0.6 is 0 Å². The second-order valence-electron chi connectivity index (χ2n) is 7.84. The smallest absolute Gasteiger partial charge is 0.289 e. The summed E-state index contributed by atoms with van der Waals surface area (Å²) in [5.74, 6) is -0.782. The first-order chi connectivity index (χ1) is 14.4. The van der Waals surface area contributed by atoms with Crippen molar-refractivity contribution in [2.24, 2.45) is 0 Å². The highest BCUT2D eigenvalue weighted by molar-refractivity contribution is 5.98. The second kappa shape index (κ2) is 7.78. The highest BCUT2D eigenvalue weighted by Gasteiger charge is 2.35. The fraction of sp³-hybridized carbons (Fsp3) is 0.364. The summed E-state index contributed by atoms with van der Waals surface area (Å²) >= 11 is 0. The van der Waals surface area contributed by atoms with Gasteiger partial charge in [0.15, 0.2) is 5.76 Å². The van der Waals surface area contributed by atoms with E-state index in [1.807, 2.05) is 44.5 Å². The number of rotatable bonds is 4. The van der Waals surface area contributed by atoms with Gasteiger partial charge in [0.05, 0.1) is 35.0 Å². The summed E-state index contributed by atoms with van der Waals surface area (Å²) in [5.41, 5.74) is 3.92. The minimum Gasteiger partial charge on any atom is -0.459 e. The topological polar surface area (TPSA) is 93.3 Å². The van der Waals surface area contributed by atoms with Crippen molar-refractivity contribution in [2.75, 3.05) is 11.9 Å². The van der Waals surface area contributed by atoms with Crippen molar-refractivity contribution in [3.8, 4) is 0 Å². The Hall–Kier alpha value is -3.42. The first kappa shape index (κ1) is 19.9. The van der Waals surface area contributed by atoms with Crippen molar-refractivity contribution < 1.29 is 14.0 Å². The number of aryl methyl sites for hydroxylation is 1. The summed E-state index contributed by atoms with van der Waals surface area (Å²) in [7, 11) is 0. The molecule has 0 saturated carbocycles. The number of hydrogen-bond donors (Lipinski definition) is 1. The predicted octanol–water partition coefficient (Wildman–Crippen LogP) is 3.45. The molecule has 0 bridgehead atoms. The Morgan fingerprint density at radius 1 is 1.23 bits per heavy atom. The monoisotopic (exact) mass is 407 g/mol. The van der Waals surface area contributed by atoms with Gasteiger partial charge in [-0.25, -0.2) is 0 Å². The molecule has 8 nitrogen and oxygen atoms in total. The molecule has 4 rings (SSSR count). The van der Waals surface area contributed by atoms with E-state index in [1.54, 1.807) is 23.2 Å². The third-order valence-corrected chi connectivity index (χ3v) is 5.42. The van der Waals surface area contributed by atoms with Crippen LogP contribution in [0.4, 0.5) is 5.69 Å². The molecule has 1 aliphatic heterocycles. The lowest BCUT2D eigenvalue weighted by atomic mass is 9.93. The molecular weight excluding hydrogens is 382 g/mol. The van der Waals surface area contributed by atoms with Crippen LogP contribution in [-0.2, 0) is 11.3 Å². The molecule has 8 heteroatoms. The molecule has 3 aromatic rings. The number of amides is 2. The molecule has 1 atom stereocenters. The Morgan fingerprint density at radius 2 is 2.03 bits per heavy atom. The van der Waals surface area contributed by atoms with E-state index in [4.69, 9.17) is 4.42 Å². The molecule has 2 amide bonds. The molecule has 0 radical (unpaired) electrons. The summed E-state index contributed by atoms with van der Waals surface area (Å²) in [6.45, 7) is 8.52. The largest absolute Gasteiger partial charge is 0.459 e. The molecule has 30 heavy (non-hydrogen) atoms. The average Bonchev–Trinajstić information content (AvgIpc) is 3.36. The Morgan fingerprint density at radius 3 is 2.70 bits per heavy atom.